The summed E-state index contributed by atoms with van der Waals surface area (Å²) in [7, 11) is 2.19. The molecule has 2 saturated carbocycles. The number of likely N-dealkylation sites (tertiary alicyclic amines) is 1. The number of fused-ring (bicyclic) bond motifs is 9. The van der Waals surface area contributed by atoms with Gasteiger partial charge >= 0.3 is 0 Å². The molecule has 6 heteroatoms. The molecule has 4 atom stereocenters. The predicted molar refractivity (Wildman–Crippen MR) is 153 cm³/mol. The molecule has 2 aliphatic carbocycles. The minimum absolute atomic E-state index is 0.244. The molecule has 0 spiro atoms. The topological polar surface area (TPSA) is 71.6 Å². The Bertz CT molecular complexity index is 1500. The Morgan fingerprint density at radius 3 is 2.44 bits per heavy atom. The molecule has 2 N–H and O–H groups in total. The number of carbonyl (C=O) groups excluding carboxylic acids is 2. The van der Waals surface area contributed by atoms with Gasteiger partial charge < -0.3 is 20.1 Å². The Balaban J connectivity index is 1.34. The van der Waals surface area contributed by atoms with Crippen LogP contribution in [0.3, 0.4) is 0 Å². The Morgan fingerprint density at radius 1 is 0.949 bits per heavy atom. The number of aromatic nitrogens is 1. The van der Waals surface area contributed by atoms with E-state index >= 15 is 0 Å². The number of rotatable bonds is 3. The molecular weight excluding hydrogens is 484 g/mol. The number of carbonyl (C=O) groups is 2. The fourth-order valence-corrected chi connectivity index (χ4v) is 8.98. The molecule has 2 amide bonds. The summed E-state index contributed by atoms with van der Waals surface area (Å²) in [5, 5.41) is 1.23. The minimum atomic E-state index is -0.420. The highest BCUT2D eigenvalue weighted by atomic mass is 16.2. The number of amides is 2. The van der Waals surface area contributed by atoms with Gasteiger partial charge in [0, 0.05) is 59.7 Å². The molecule has 4 heterocycles. The van der Waals surface area contributed by atoms with Gasteiger partial charge in [0.15, 0.2) is 0 Å². The molecule has 8 rings (SSSR count). The first kappa shape index (κ1) is 23.7. The second-order valence-corrected chi connectivity index (χ2v) is 13.1. The summed E-state index contributed by atoms with van der Waals surface area (Å²) in [4.78, 5) is 31.7. The lowest BCUT2D eigenvalue weighted by atomic mass is 9.81. The van der Waals surface area contributed by atoms with Crippen molar-refractivity contribution in [3.8, 4) is 11.3 Å². The third-order valence-corrected chi connectivity index (χ3v) is 10.8. The monoisotopic (exact) mass is 522 g/mol. The van der Waals surface area contributed by atoms with Gasteiger partial charge in [-0.25, -0.2) is 0 Å². The lowest BCUT2D eigenvalue weighted by molar-refractivity contribution is -0.143. The number of likely N-dealkylation sites (N-methyl/N-ethyl adjacent to an activating group) is 1. The highest BCUT2D eigenvalue weighted by Crippen LogP contribution is 2.66. The van der Waals surface area contributed by atoms with Gasteiger partial charge in [-0.05, 0) is 68.3 Å². The van der Waals surface area contributed by atoms with Crippen molar-refractivity contribution < 1.29 is 9.59 Å². The first-order valence-electron chi connectivity index (χ1n) is 15.0. The molecule has 39 heavy (non-hydrogen) atoms. The van der Waals surface area contributed by atoms with Crippen LogP contribution in [-0.4, -0.2) is 58.4 Å². The van der Waals surface area contributed by atoms with Crippen molar-refractivity contribution in [3.63, 3.8) is 0 Å². The van der Waals surface area contributed by atoms with E-state index in [0.29, 0.717) is 36.0 Å². The van der Waals surface area contributed by atoms with Crippen molar-refractivity contribution >= 4 is 22.7 Å². The van der Waals surface area contributed by atoms with Gasteiger partial charge in [-0.15, -0.1) is 0 Å². The molecular formula is C33H38N4O2. The van der Waals surface area contributed by atoms with Crippen molar-refractivity contribution in [2.75, 3.05) is 20.1 Å². The molecule has 6 nitrogen and oxygen atoms in total. The normalized spacial score (nSPS) is 30.0. The van der Waals surface area contributed by atoms with Gasteiger partial charge in [-0.1, -0.05) is 49.6 Å². The Kier molecular flexibility index (Phi) is 5.14. The van der Waals surface area contributed by atoms with Crippen LogP contribution >= 0.6 is 0 Å². The smallest absolute Gasteiger partial charge is 0.248 e. The maximum Gasteiger partial charge on any atom is 0.248 e. The zero-order valence-electron chi connectivity index (χ0n) is 22.9. The van der Waals surface area contributed by atoms with Crippen LogP contribution in [0.15, 0.2) is 42.5 Å². The molecule has 1 aromatic heterocycles. The molecule has 4 fully saturated rings. The summed E-state index contributed by atoms with van der Waals surface area (Å²) >= 11 is 0. The summed E-state index contributed by atoms with van der Waals surface area (Å²) in [5.41, 5.74) is 12.3. The fourth-order valence-electron chi connectivity index (χ4n) is 8.98. The van der Waals surface area contributed by atoms with Crippen LogP contribution in [0.2, 0.25) is 0 Å². The number of hydrogen-bond acceptors (Lipinski definition) is 3. The summed E-state index contributed by atoms with van der Waals surface area (Å²) in [6.45, 7) is 2.63. The Morgan fingerprint density at radius 2 is 1.69 bits per heavy atom. The maximum absolute atomic E-state index is 14.7. The van der Waals surface area contributed by atoms with Crippen LogP contribution in [0.4, 0.5) is 0 Å². The van der Waals surface area contributed by atoms with E-state index in [2.05, 4.69) is 51.7 Å². The van der Waals surface area contributed by atoms with Crippen LogP contribution in [0, 0.1) is 5.41 Å². The van der Waals surface area contributed by atoms with E-state index in [4.69, 9.17) is 5.73 Å². The van der Waals surface area contributed by atoms with Crippen molar-refractivity contribution in [2.45, 2.75) is 81.8 Å². The number of primary amides is 1. The molecule has 5 aliphatic rings. The highest BCUT2D eigenvalue weighted by molar-refractivity contribution is 6.01. The third-order valence-electron chi connectivity index (χ3n) is 10.8. The van der Waals surface area contributed by atoms with E-state index in [9.17, 15) is 9.59 Å². The molecule has 3 aliphatic heterocycles. The first-order valence-corrected chi connectivity index (χ1v) is 15.0. The fraction of sp³-hybridized carbons (Fsp3) is 0.515. The third kappa shape index (κ3) is 3.36. The number of nitrogens with two attached hydrogens (primary N) is 1. The van der Waals surface area contributed by atoms with E-state index < -0.39 is 11.3 Å². The number of nitrogens with zero attached hydrogens (tertiary/aromatic N) is 3. The quantitative estimate of drug-likeness (QED) is 0.511. The number of hydrogen-bond donors (Lipinski definition) is 1. The number of benzene rings is 2. The highest BCUT2D eigenvalue weighted by Gasteiger charge is 2.65. The lowest BCUT2D eigenvalue weighted by Crippen LogP contribution is -2.57. The van der Waals surface area contributed by atoms with Gasteiger partial charge in [0.05, 0.1) is 11.1 Å². The van der Waals surface area contributed by atoms with Crippen molar-refractivity contribution in [1.82, 2.24) is 14.4 Å². The molecule has 202 valence electrons. The van der Waals surface area contributed by atoms with Crippen molar-refractivity contribution in [3.05, 3.63) is 59.2 Å². The molecule has 4 unspecified atom stereocenters. The van der Waals surface area contributed by atoms with Gasteiger partial charge in [-0.2, -0.15) is 0 Å². The second kappa shape index (κ2) is 8.44. The average Bonchev–Trinajstić information content (AvgIpc) is 3.53. The van der Waals surface area contributed by atoms with E-state index in [1.54, 1.807) is 0 Å². The molecule has 2 saturated heterocycles. The van der Waals surface area contributed by atoms with Gasteiger partial charge in [0.25, 0.3) is 0 Å². The lowest BCUT2D eigenvalue weighted by Gasteiger charge is -2.41. The van der Waals surface area contributed by atoms with E-state index in [1.807, 2.05) is 12.1 Å². The zero-order chi connectivity index (χ0) is 26.5. The summed E-state index contributed by atoms with van der Waals surface area (Å²) in [6.07, 6.45) is 9.35. The standard InChI is InChI=1S/C33H38N4O2/c1-35-17-22-12-13-23(18-35)37(22)32(39)33-16-27(33)24-9-5-6-10-25(24)30-29(20-7-3-2-4-8-20)26-14-11-21(31(34)38)15-28(26)36(30)19-33/h5-6,9-11,14-15,20,22-23,27H,2-4,7-8,12-13,16-19H2,1H3,(H2,34,38). The van der Waals surface area contributed by atoms with Crippen molar-refractivity contribution in [2.24, 2.45) is 11.1 Å². The zero-order valence-corrected chi connectivity index (χ0v) is 22.9. The molecule has 2 bridgehead atoms. The first-order chi connectivity index (χ1) is 19.0. The second-order valence-electron chi connectivity index (χ2n) is 13.1. The summed E-state index contributed by atoms with van der Waals surface area (Å²) in [5.74, 6) is 0.709. The van der Waals surface area contributed by atoms with Crippen LogP contribution in [0.25, 0.3) is 22.2 Å². The predicted octanol–water partition coefficient (Wildman–Crippen LogP) is 5.25. The largest absolute Gasteiger partial charge is 0.366 e. The van der Waals surface area contributed by atoms with E-state index in [-0.39, 0.29) is 5.92 Å². The average molecular weight is 523 g/mol. The van der Waals surface area contributed by atoms with Gasteiger partial charge in [0.2, 0.25) is 11.8 Å². The van der Waals surface area contributed by atoms with E-state index in [0.717, 1.165) is 37.9 Å². The van der Waals surface area contributed by atoms with Gasteiger partial charge in [0.1, 0.15) is 0 Å². The minimum Gasteiger partial charge on any atom is -0.366 e. The summed E-state index contributed by atoms with van der Waals surface area (Å²) < 4.78 is 2.44. The van der Waals surface area contributed by atoms with Gasteiger partial charge in [-0.3, -0.25) is 9.59 Å². The maximum atomic E-state index is 14.7. The molecule has 2 aromatic carbocycles. The Labute approximate surface area is 230 Å². The van der Waals surface area contributed by atoms with Crippen LogP contribution in [0.1, 0.15) is 84.7 Å². The number of piperazine rings is 1. The van der Waals surface area contributed by atoms with Crippen molar-refractivity contribution in [1.29, 1.82) is 0 Å². The molecule has 3 aromatic rings. The van der Waals surface area contributed by atoms with Crippen LogP contribution in [0.5, 0.6) is 0 Å². The summed E-state index contributed by atoms with van der Waals surface area (Å²) in [6, 6.07) is 15.5. The Hall–Kier alpha value is -3.12. The van der Waals surface area contributed by atoms with E-state index in [1.165, 1.54) is 59.9 Å². The van der Waals surface area contributed by atoms with Crippen LogP contribution < -0.4 is 5.73 Å². The SMILES string of the molecule is CN1CC2CCC(C1)N2C(=O)C12CC1c1ccccc1-c1c(C3CCCCC3)c3ccc(C(N)=O)cc3n1C2. The molecule has 0 radical (unpaired) electrons. The van der Waals surface area contributed by atoms with Crippen LogP contribution in [-0.2, 0) is 11.3 Å².